The predicted octanol–water partition coefficient (Wildman–Crippen LogP) is 7.05. The summed E-state index contributed by atoms with van der Waals surface area (Å²) < 4.78 is 18.9. The van der Waals surface area contributed by atoms with Crippen molar-refractivity contribution in [3.8, 4) is 5.75 Å². The highest BCUT2D eigenvalue weighted by Gasteiger charge is 2.65. The first-order chi connectivity index (χ1) is 12.3. The van der Waals surface area contributed by atoms with Gasteiger partial charge in [-0.1, -0.05) is 73.1 Å². The molecule has 3 atom stereocenters. The standard InChI is InChI=1S/C23H37O3P/c1-10-23-13-22(23,9)14-24-27(25-15-23)26-19-17(20(3,4)5)11-16(2)12-18(19)21(6,7)8/h11-12H,10,13-15H2,1-9H3. The molecule has 3 rings (SSSR count). The van der Waals surface area contributed by atoms with E-state index in [0.29, 0.717) is 0 Å². The molecule has 1 aromatic carbocycles. The van der Waals surface area contributed by atoms with Crippen LogP contribution in [0.3, 0.4) is 0 Å². The summed E-state index contributed by atoms with van der Waals surface area (Å²) in [6, 6.07) is 4.51. The molecule has 3 nitrogen and oxygen atoms in total. The summed E-state index contributed by atoms with van der Waals surface area (Å²) in [5.41, 5.74) is 4.23. The molecule has 0 spiro atoms. The first-order valence-electron chi connectivity index (χ1n) is 10.2. The van der Waals surface area contributed by atoms with Crippen molar-refractivity contribution in [1.29, 1.82) is 0 Å². The van der Waals surface area contributed by atoms with Crippen molar-refractivity contribution in [2.75, 3.05) is 13.2 Å². The fourth-order valence-electron chi connectivity index (χ4n) is 4.31. The molecular formula is C23H37O3P. The van der Waals surface area contributed by atoms with E-state index < -0.39 is 8.60 Å². The van der Waals surface area contributed by atoms with Crippen molar-refractivity contribution >= 4 is 8.60 Å². The van der Waals surface area contributed by atoms with Crippen LogP contribution < -0.4 is 4.52 Å². The van der Waals surface area contributed by atoms with Crippen molar-refractivity contribution in [3.05, 3.63) is 28.8 Å². The van der Waals surface area contributed by atoms with Crippen molar-refractivity contribution < 1.29 is 13.6 Å². The topological polar surface area (TPSA) is 27.7 Å². The second-order valence-corrected chi connectivity index (χ2v) is 12.1. The first kappa shape index (κ1) is 21.1. The zero-order valence-corrected chi connectivity index (χ0v) is 19.5. The van der Waals surface area contributed by atoms with Crippen LogP contribution in [0.4, 0.5) is 0 Å². The minimum atomic E-state index is -1.38. The van der Waals surface area contributed by atoms with Gasteiger partial charge in [-0.3, -0.25) is 0 Å². The number of benzene rings is 1. The molecule has 1 aromatic rings. The van der Waals surface area contributed by atoms with E-state index in [9.17, 15) is 0 Å². The second kappa shape index (κ2) is 6.71. The van der Waals surface area contributed by atoms with Gasteiger partial charge in [-0.15, -0.1) is 0 Å². The number of fused-ring (bicyclic) bond motifs is 1. The summed E-state index contributed by atoms with van der Waals surface area (Å²) in [6.07, 6.45) is 2.34. The van der Waals surface area contributed by atoms with Gasteiger partial charge in [0, 0.05) is 16.5 Å². The summed E-state index contributed by atoms with van der Waals surface area (Å²) in [5.74, 6) is 0.956. The smallest absolute Gasteiger partial charge is 0.397 e. The summed E-state index contributed by atoms with van der Waals surface area (Å²) in [5, 5.41) is 0. The third-order valence-electron chi connectivity index (χ3n) is 6.51. The first-order valence-corrected chi connectivity index (χ1v) is 11.3. The SMILES string of the molecule is CCC12COP(Oc3c(C(C)(C)C)cc(C)cc3C(C)(C)C)OCC1(C)C2. The van der Waals surface area contributed by atoms with Crippen LogP contribution in [0.5, 0.6) is 5.75 Å². The van der Waals surface area contributed by atoms with E-state index in [2.05, 4.69) is 74.4 Å². The van der Waals surface area contributed by atoms with Gasteiger partial charge in [-0.2, -0.15) is 0 Å². The molecule has 2 fully saturated rings. The highest BCUT2D eigenvalue weighted by Crippen LogP contribution is 2.69. The minimum Gasteiger partial charge on any atom is -0.426 e. The van der Waals surface area contributed by atoms with Gasteiger partial charge in [0.05, 0.1) is 13.2 Å². The summed E-state index contributed by atoms with van der Waals surface area (Å²) >= 11 is 0. The van der Waals surface area contributed by atoms with Crippen molar-refractivity contribution in [2.45, 2.75) is 86.0 Å². The van der Waals surface area contributed by atoms with E-state index >= 15 is 0 Å². The Hall–Kier alpha value is -0.630. The van der Waals surface area contributed by atoms with E-state index in [0.717, 1.165) is 25.4 Å². The molecule has 1 aliphatic heterocycles. The van der Waals surface area contributed by atoms with E-state index in [1.165, 1.54) is 23.1 Å². The monoisotopic (exact) mass is 392 g/mol. The van der Waals surface area contributed by atoms with Crippen LogP contribution in [0.25, 0.3) is 0 Å². The lowest BCUT2D eigenvalue weighted by molar-refractivity contribution is 0.201. The molecule has 152 valence electrons. The molecule has 4 heteroatoms. The van der Waals surface area contributed by atoms with E-state index in [1.54, 1.807) is 0 Å². The lowest BCUT2D eigenvalue weighted by Crippen LogP contribution is -2.19. The maximum Gasteiger partial charge on any atom is 0.397 e. The zero-order chi connectivity index (χ0) is 20.3. The Balaban J connectivity index is 1.94. The number of aryl methyl sites for hydroxylation is 1. The summed E-state index contributed by atoms with van der Waals surface area (Å²) in [4.78, 5) is 0. The maximum absolute atomic E-state index is 6.53. The van der Waals surface area contributed by atoms with Gasteiger partial charge >= 0.3 is 8.60 Å². The maximum atomic E-state index is 6.53. The zero-order valence-electron chi connectivity index (χ0n) is 18.7. The molecule has 0 aromatic heterocycles. The molecule has 0 bridgehead atoms. The highest BCUT2D eigenvalue weighted by molar-refractivity contribution is 7.42. The van der Waals surface area contributed by atoms with Crippen LogP contribution in [0.2, 0.25) is 0 Å². The van der Waals surface area contributed by atoms with Gasteiger partial charge in [-0.05, 0) is 36.0 Å². The molecule has 2 aliphatic rings. The predicted molar refractivity (Wildman–Crippen MR) is 113 cm³/mol. The lowest BCUT2D eigenvalue weighted by Gasteiger charge is -2.31. The fourth-order valence-corrected chi connectivity index (χ4v) is 5.58. The molecule has 1 saturated heterocycles. The number of hydrogen-bond donors (Lipinski definition) is 0. The van der Waals surface area contributed by atoms with Crippen LogP contribution in [-0.2, 0) is 19.9 Å². The van der Waals surface area contributed by atoms with E-state index in [4.69, 9.17) is 13.6 Å². The molecule has 1 aliphatic carbocycles. The lowest BCUT2D eigenvalue weighted by atomic mass is 9.78. The molecule has 1 heterocycles. The molecule has 0 N–H and O–H groups in total. The molecule has 1 saturated carbocycles. The van der Waals surface area contributed by atoms with Crippen LogP contribution in [-0.4, -0.2) is 13.2 Å². The Morgan fingerprint density at radius 1 is 1.00 bits per heavy atom. The third-order valence-corrected chi connectivity index (χ3v) is 7.52. The molecular weight excluding hydrogens is 355 g/mol. The largest absolute Gasteiger partial charge is 0.426 e. The fraction of sp³-hybridized carbons (Fsp3) is 0.739. The Bertz CT molecular complexity index is 680. The van der Waals surface area contributed by atoms with Crippen molar-refractivity contribution in [1.82, 2.24) is 0 Å². The van der Waals surface area contributed by atoms with Gasteiger partial charge in [0.15, 0.2) is 0 Å². The van der Waals surface area contributed by atoms with Gasteiger partial charge in [0.25, 0.3) is 0 Å². The quantitative estimate of drug-likeness (QED) is 0.516. The molecule has 0 amide bonds. The summed E-state index contributed by atoms with van der Waals surface area (Å²) in [6.45, 7) is 21.7. The van der Waals surface area contributed by atoms with E-state index in [-0.39, 0.29) is 21.7 Å². The normalized spacial score (nSPS) is 31.2. The van der Waals surface area contributed by atoms with Crippen LogP contribution in [0.15, 0.2) is 12.1 Å². The van der Waals surface area contributed by atoms with Gasteiger partial charge < -0.3 is 13.6 Å². The Labute approximate surface area is 167 Å². The second-order valence-electron chi connectivity index (χ2n) is 10.9. The van der Waals surface area contributed by atoms with Crippen molar-refractivity contribution in [3.63, 3.8) is 0 Å². The third kappa shape index (κ3) is 3.93. The van der Waals surface area contributed by atoms with Crippen LogP contribution in [0, 0.1) is 17.8 Å². The van der Waals surface area contributed by atoms with Gasteiger partial charge in [0.2, 0.25) is 0 Å². The average Bonchev–Trinajstić information content (AvgIpc) is 3.16. The summed E-state index contributed by atoms with van der Waals surface area (Å²) in [7, 11) is -1.38. The van der Waals surface area contributed by atoms with Crippen LogP contribution >= 0.6 is 8.60 Å². The highest BCUT2D eigenvalue weighted by atomic mass is 31.2. The van der Waals surface area contributed by atoms with Gasteiger partial charge in [-0.25, -0.2) is 0 Å². The Kier molecular flexibility index (Phi) is 5.24. The number of rotatable bonds is 3. The Morgan fingerprint density at radius 2 is 1.52 bits per heavy atom. The minimum absolute atomic E-state index is 0.0126. The molecule has 27 heavy (non-hydrogen) atoms. The van der Waals surface area contributed by atoms with Gasteiger partial charge in [0.1, 0.15) is 5.75 Å². The average molecular weight is 393 g/mol. The molecule has 0 radical (unpaired) electrons. The number of hydrogen-bond acceptors (Lipinski definition) is 3. The van der Waals surface area contributed by atoms with Crippen molar-refractivity contribution in [2.24, 2.45) is 10.8 Å². The molecule has 3 unspecified atom stereocenters. The van der Waals surface area contributed by atoms with Crippen LogP contribution in [0.1, 0.15) is 84.9 Å². The Morgan fingerprint density at radius 3 is 2.00 bits per heavy atom. The van der Waals surface area contributed by atoms with E-state index in [1.807, 2.05) is 0 Å².